The van der Waals surface area contributed by atoms with Crippen molar-refractivity contribution in [2.45, 2.75) is 12.5 Å². The largest absolute Gasteiger partial charge is 0.497 e. The Bertz CT molecular complexity index is 973. The molecule has 1 heterocycles. The summed E-state index contributed by atoms with van der Waals surface area (Å²) < 4.78 is 5.10. The van der Waals surface area contributed by atoms with Gasteiger partial charge in [-0.15, -0.1) is 0 Å². The molecule has 0 aliphatic carbocycles. The average molecular weight is 437 g/mol. The number of nitrogens with two attached hydrogens (primary N) is 1. The summed E-state index contributed by atoms with van der Waals surface area (Å²) in [5.74, 6) is -0.522. The number of benzene rings is 2. The first kappa shape index (κ1) is 20.8. The van der Waals surface area contributed by atoms with Crippen LogP contribution in [0.4, 0.5) is 16.2 Å². The molecular weight excluding hydrogens is 419 g/mol. The van der Waals surface area contributed by atoms with E-state index in [1.165, 1.54) is 19.2 Å². The fourth-order valence-electron chi connectivity index (χ4n) is 2.96. The van der Waals surface area contributed by atoms with Crippen molar-refractivity contribution in [3.63, 3.8) is 0 Å². The Hall–Kier alpha value is -2.97. The molecule has 152 valence electrons. The Morgan fingerprint density at radius 2 is 1.79 bits per heavy atom. The summed E-state index contributed by atoms with van der Waals surface area (Å²) in [5.41, 5.74) is 5.42. The molecule has 4 N–H and O–H groups in total. The molecule has 4 amide bonds. The normalized spacial score (nSPS) is 18.6. The molecule has 1 fully saturated rings. The molecule has 1 saturated heterocycles. The lowest BCUT2D eigenvalue weighted by Gasteiger charge is -2.22. The van der Waals surface area contributed by atoms with Gasteiger partial charge in [0.05, 0.1) is 22.8 Å². The molecule has 1 aliphatic heterocycles. The summed E-state index contributed by atoms with van der Waals surface area (Å²) >= 11 is 11.9. The van der Waals surface area contributed by atoms with Crippen LogP contribution < -0.4 is 21.1 Å². The molecular formula is C19H18Cl2N4O4. The molecule has 0 spiro atoms. The summed E-state index contributed by atoms with van der Waals surface area (Å²) in [5, 5.41) is 5.54. The third-order valence-corrected chi connectivity index (χ3v) is 5.23. The van der Waals surface area contributed by atoms with Crippen molar-refractivity contribution in [1.29, 1.82) is 0 Å². The molecule has 8 nitrogen and oxygen atoms in total. The van der Waals surface area contributed by atoms with E-state index in [0.29, 0.717) is 17.0 Å². The van der Waals surface area contributed by atoms with E-state index in [4.69, 9.17) is 33.7 Å². The van der Waals surface area contributed by atoms with Crippen LogP contribution in [0, 0.1) is 0 Å². The third kappa shape index (κ3) is 3.94. The first-order valence-electron chi connectivity index (χ1n) is 8.48. The number of carbonyl (C=O) groups is 3. The van der Waals surface area contributed by atoms with Gasteiger partial charge in [0.25, 0.3) is 5.91 Å². The fourth-order valence-corrected chi connectivity index (χ4v) is 3.45. The molecule has 0 aromatic heterocycles. The molecule has 3 rings (SSSR count). The summed E-state index contributed by atoms with van der Waals surface area (Å²) in [6.45, 7) is 1.10. The number of nitrogen functional groups attached to an aromatic ring is 1. The highest BCUT2D eigenvalue weighted by Crippen LogP contribution is 2.32. The standard InChI is InChI=1S/C19H18Cl2N4O4/c1-19(10-3-5-12(29-2)6-4-10)17(27)25(18(28)24-19)9-15(26)23-11-7-13(20)16(22)14(21)8-11/h3-8H,9,22H2,1-2H3,(H,23,26)(H,24,28). The second-order valence-electron chi connectivity index (χ2n) is 6.58. The monoisotopic (exact) mass is 436 g/mol. The number of imide groups is 1. The topological polar surface area (TPSA) is 114 Å². The Morgan fingerprint density at radius 1 is 1.21 bits per heavy atom. The van der Waals surface area contributed by atoms with Gasteiger partial charge in [-0.05, 0) is 36.8 Å². The quantitative estimate of drug-likeness (QED) is 0.492. The number of nitrogens with one attached hydrogen (secondary N) is 2. The second kappa shape index (κ2) is 7.81. The van der Waals surface area contributed by atoms with Gasteiger partial charge in [0.15, 0.2) is 0 Å². The smallest absolute Gasteiger partial charge is 0.325 e. The molecule has 2 aromatic carbocycles. The Morgan fingerprint density at radius 3 is 2.34 bits per heavy atom. The maximum Gasteiger partial charge on any atom is 0.325 e. The van der Waals surface area contributed by atoms with Crippen LogP contribution in [0.5, 0.6) is 5.75 Å². The number of hydrogen-bond acceptors (Lipinski definition) is 5. The highest BCUT2D eigenvalue weighted by Gasteiger charge is 2.49. The van der Waals surface area contributed by atoms with Gasteiger partial charge in [-0.25, -0.2) is 4.79 Å². The summed E-state index contributed by atoms with van der Waals surface area (Å²) in [6, 6.07) is 8.91. The molecule has 1 unspecified atom stereocenters. The Balaban J connectivity index is 1.75. The van der Waals surface area contributed by atoms with Gasteiger partial charge in [0.1, 0.15) is 17.8 Å². The SMILES string of the molecule is COc1ccc(C2(C)NC(=O)N(CC(=O)Nc3cc(Cl)c(N)c(Cl)c3)C2=O)cc1. The van der Waals surface area contributed by atoms with E-state index < -0.39 is 29.9 Å². The van der Waals surface area contributed by atoms with E-state index in [2.05, 4.69) is 10.6 Å². The summed E-state index contributed by atoms with van der Waals surface area (Å²) in [7, 11) is 1.53. The van der Waals surface area contributed by atoms with Crippen LogP contribution >= 0.6 is 23.2 Å². The van der Waals surface area contributed by atoms with E-state index >= 15 is 0 Å². The lowest BCUT2D eigenvalue weighted by Crippen LogP contribution is -2.42. The van der Waals surface area contributed by atoms with Crippen LogP contribution in [-0.4, -0.2) is 36.4 Å². The number of ether oxygens (including phenoxy) is 1. The van der Waals surface area contributed by atoms with Gasteiger partial charge in [0, 0.05) is 5.69 Å². The Labute approximate surface area is 176 Å². The van der Waals surface area contributed by atoms with Crippen molar-refractivity contribution >= 4 is 52.4 Å². The average Bonchev–Trinajstić information content (AvgIpc) is 2.90. The molecule has 0 radical (unpaired) electrons. The number of carbonyl (C=O) groups excluding carboxylic acids is 3. The van der Waals surface area contributed by atoms with Crippen LogP contribution in [-0.2, 0) is 15.1 Å². The third-order valence-electron chi connectivity index (χ3n) is 4.61. The maximum absolute atomic E-state index is 12.9. The predicted molar refractivity (Wildman–Crippen MR) is 110 cm³/mol. The first-order valence-corrected chi connectivity index (χ1v) is 9.24. The summed E-state index contributed by atoms with van der Waals surface area (Å²) in [4.78, 5) is 38.5. The lowest BCUT2D eigenvalue weighted by atomic mass is 9.92. The number of hydrogen-bond donors (Lipinski definition) is 3. The number of urea groups is 1. The number of methoxy groups -OCH3 is 1. The highest BCUT2D eigenvalue weighted by molar-refractivity contribution is 6.39. The highest BCUT2D eigenvalue weighted by atomic mass is 35.5. The van der Waals surface area contributed by atoms with Crippen molar-refractivity contribution in [2.75, 3.05) is 24.7 Å². The molecule has 0 saturated carbocycles. The predicted octanol–water partition coefficient (Wildman–Crippen LogP) is 2.99. The zero-order valence-corrected chi connectivity index (χ0v) is 17.1. The minimum absolute atomic E-state index is 0.176. The van der Waals surface area contributed by atoms with E-state index in [1.54, 1.807) is 31.2 Å². The van der Waals surface area contributed by atoms with E-state index in [1.807, 2.05) is 0 Å². The minimum atomic E-state index is -1.29. The van der Waals surface area contributed by atoms with Crippen LogP contribution in [0.25, 0.3) is 0 Å². The number of amides is 4. The van der Waals surface area contributed by atoms with Crippen molar-refractivity contribution in [3.05, 3.63) is 52.0 Å². The fraction of sp³-hybridized carbons (Fsp3) is 0.211. The molecule has 2 aromatic rings. The zero-order chi connectivity index (χ0) is 21.3. The molecule has 10 heteroatoms. The number of rotatable bonds is 5. The molecule has 1 aliphatic rings. The van der Waals surface area contributed by atoms with Crippen LogP contribution in [0.3, 0.4) is 0 Å². The number of anilines is 2. The summed E-state index contributed by atoms with van der Waals surface area (Å²) in [6.07, 6.45) is 0. The Kier molecular flexibility index (Phi) is 5.59. The number of nitrogens with zero attached hydrogens (tertiary/aromatic N) is 1. The van der Waals surface area contributed by atoms with Crippen LogP contribution in [0.15, 0.2) is 36.4 Å². The van der Waals surface area contributed by atoms with Crippen molar-refractivity contribution in [3.8, 4) is 5.75 Å². The van der Waals surface area contributed by atoms with Crippen LogP contribution in [0.2, 0.25) is 10.0 Å². The van der Waals surface area contributed by atoms with Crippen LogP contribution in [0.1, 0.15) is 12.5 Å². The number of halogens is 2. The van der Waals surface area contributed by atoms with Gasteiger partial charge in [-0.2, -0.15) is 0 Å². The molecule has 1 atom stereocenters. The van der Waals surface area contributed by atoms with Gasteiger partial charge in [0.2, 0.25) is 5.91 Å². The lowest BCUT2D eigenvalue weighted by molar-refractivity contribution is -0.133. The van der Waals surface area contributed by atoms with Crippen molar-refractivity contribution in [2.24, 2.45) is 0 Å². The van der Waals surface area contributed by atoms with Crippen molar-refractivity contribution in [1.82, 2.24) is 10.2 Å². The van der Waals surface area contributed by atoms with Gasteiger partial charge in [-0.3, -0.25) is 14.5 Å². The molecule has 0 bridgehead atoms. The van der Waals surface area contributed by atoms with E-state index in [-0.39, 0.29) is 15.7 Å². The van der Waals surface area contributed by atoms with Gasteiger partial charge < -0.3 is 21.1 Å². The minimum Gasteiger partial charge on any atom is -0.497 e. The molecule has 29 heavy (non-hydrogen) atoms. The van der Waals surface area contributed by atoms with E-state index in [0.717, 1.165) is 4.90 Å². The van der Waals surface area contributed by atoms with E-state index in [9.17, 15) is 14.4 Å². The zero-order valence-electron chi connectivity index (χ0n) is 15.6. The first-order chi connectivity index (χ1) is 13.7. The second-order valence-corrected chi connectivity index (χ2v) is 7.39. The van der Waals surface area contributed by atoms with Crippen molar-refractivity contribution < 1.29 is 19.1 Å². The van der Waals surface area contributed by atoms with Gasteiger partial charge in [-0.1, -0.05) is 35.3 Å². The maximum atomic E-state index is 12.9. The van der Waals surface area contributed by atoms with Gasteiger partial charge >= 0.3 is 6.03 Å².